The number of nitrogens with zero attached hydrogens (tertiary/aromatic N) is 5. The molecule has 3 heterocycles. The number of piperidine rings is 1. The van der Waals surface area contributed by atoms with Crippen LogP contribution in [0.3, 0.4) is 0 Å². The fourth-order valence-corrected chi connectivity index (χ4v) is 6.56. The molecule has 1 atom stereocenters. The lowest BCUT2D eigenvalue weighted by Gasteiger charge is -2.39. The maximum absolute atomic E-state index is 13.3. The van der Waals surface area contributed by atoms with E-state index in [1.54, 1.807) is 6.20 Å². The van der Waals surface area contributed by atoms with Crippen LogP contribution in [0.25, 0.3) is 10.9 Å². The molecule has 2 aliphatic rings. The number of carbonyl (C=O) groups is 1. The Hall–Kier alpha value is -3.57. The van der Waals surface area contributed by atoms with E-state index >= 15 is 0 Å². The molecule has 1 aromatic heterocycles. The molecule has 36 heavy (non-hydrogen) atoms. The lowest BCUT2D eigenvalue weighted by atomic mass is 9.97. The van der Waals surface area contributed by atoms with Crippen LogP contribution in [0.2, 0.25) is 0 Å². The molecule has 2 fully saturated rings. The van der Waals surface area contributed by atoms with Crippen LogP contribution in [0.1, 0.15) is 12.8 Å². The van der Waals surface area contributed by atoms with Gasteiger partial charge in [-0.3, -0.25) is 19.9 Å². The third kappa shape index (κ3) is 4.63. The van der Waals surface area contributed by atoms with Gasteiger partial charge in [-0.15, -0.1) is 0 Å². The molecule has 0 N–H and O–H groups in total. The molecule has 0 bridgehead atoms. The van der Waals surface area contributed by atoms with Crippen molar-refractivity contribution in [3.63, 3.8) is 0 Å². The van der Waals surface area contributed by atoms with Gasteiger partial charge in [0.25, 0.3) is 5.69 Å². The Morgan fingerprint density at radius 2 is 1.69 bits per heavy atom. The van der Waals surface area contributed by atoms with E-state index < -0.39 is 20.9 Å². The summed E-state index contributed by atoms with van der Waals surface area (Å²) in [6, 6.07) is 14.9. The number of benzene rings is 2. The molecule has 0 spiro atoms. The molecule has 188 valence electrons. The third-order valence-electron chi connectivity index (χ3n) is 6.98. The van der Waals surface area contributed by atoms with Gasteiger partial charge in [-0.1, -0.05) is 18.2 Å². The molecule has 1 unspecified atom stereocenters. The predicted octanol–water partition coefficient (Wildman–Crippen LogP) is 2.89. The van der Waals surface area contributed by atoms with Gasteiger partial charge >= 0.3 is 0 Å². The molecule has 2 aromatic carbocycles. The van der Waals surface area contributed by atoms with Crippen molar-refractivity contribution in [3.8, 4) is 0 Å². The van der Waals surface area contributed by atoms with E-state index in [0.29, 0.717) is 45.6 Å². The van der Waals surface area contributed by atoms with Crippen LogP contribution >= 0.6 is 0 Å². The highest BCUT2D eigenvalue weighted by Crippen LogP contribution is 2.29. The van der Waals surface area contributed by atoms with Crippen molar-refractivity contribution in [2.75, 3.05) is 44.2 Å². The van der Waals surface area contributed by atoms with Crippen molar-refractivity contribution >= 4 is 38.2 Å². The smallest absolute Gasteiger partial charge is 0.269 e. The zero-order valence-corrected chi connectivity index (χ0v) is 20.5. The number of amides is 1. The molecule has 10 nitrogen and oxygen atoms in total. The van der Waals surface area contributed by atoms with E-state index in [1.165, 1.54) is 28.6 Å². The minimum Gasteiger partial charge on any atom is -0.367 e. The van der Waals surface area contributed by atoms with Crippen molar-refractivity contribution < 1.29 is 18.1 Å². The average Bonchev–Trinajstić information content (AvgIpc) is 2.92. The number of fused-ring (bicyclic) bond motifs is 1. The number of pyridine rings is 1. The number of piperazine rings is 1. The molecule has 2 aliphatic heterocycles. The molecule has 2 saturated heterocycles. The number of carbonyl (C=O) groups excluding carboxylic acids is 1. The lowest BCUT2D eigenvalue weighted by molar-refractivity contribution is -0.384. The van der Waals surface area contributed by atoms with Gasteiger partial charge in [0.2, 0.25) is 15.9 Å². The van der Waals surface area contributed by atoms with Gasteiger partial charge in [0, 0.05) is 68.7 Å². The van der Waals surface area contributed by atoms with Crippen LogP contribution in [0.5, 0.6) is 0 Å². The van der Waals surface area contributed by atoms with Crippen LogP contribution < -0.4 is 4.90 Å². The molecule has 0 aliphatic carbocycles. The summed E-state index contributed by atoms with van der Waals surface area (Å²) >= 11 is 0. The number of nitro groups is 1. The highest BCUT2D eigenvalue weighted by atomic mass is 32.2. The number of rotatable bonds is 5. The van der Waals surface area contributed by atoms with Gasteiger partial charge in [0.05, 0.1) is 21.3 Å². The molecule has 1 amide bonds. The first kappa shape index (κ1) is 24.1. The van der Waals surface area contributed by atoms with Crippen LogP contribution in [0.15, 0.2) is 65.7 Å². The summed E-state index contributed by atoms with van der Waals surface area (Å²) < 4.78 is 27.6. The average molecular weight is 510 g/mol. The summed E-state index contributed by atoms with van der Waals surface area (Å²) in [7, 11) is -3.84. The molecule has 0 radical (unpaired) electrons. The zero-order chi connectivity index (χ0) is 25.3. The quantitative estimate of drug-likeness (QED) is 0.383. The van der Waals surface area contributed by atoms with E-state index in [1.807, 2.05) is 29.2 Å². The number of para-hydroxylation sites is 1. The Bertz CT molecular complexity index is 1380. The van der Waals surface area contributed by atoms with E-state index in [4.69, 9.17) is 0 Å². The zero-order valence-electron chi connectivity index (χ0n) is 19.7. The largest absolute Gasteiger partial charge is 0.367 e. The second-order valence-corrected chi connectivity index (χ2v) is 11.1. The molecular weight excluding hydrogens is 482 g/mol. The number of nitro benzene ring substituents is 1. The Labute approximate surface area is 209 Å². The van der Waals surface area contributed by atoms with Gasteiger partial charge in [-0.05, 0) is 37.1 Å². The fourth-order valence-electron chi connectivity index (χ4n) is 5.03. The number of non-ortho nitro benzene ring substituents is 1. The molecule has 5 rings (SSSR count). The standard InChI is InChI=1S/C25H27N5O5S/c31-25(28-16-14-27(15-17-28)24-11-12-26-23-6-2-1-5-22(23)24)19-4-3-13-29(18-19)36(34,35)21-9-7-20(8-10-21)30(32)33/h1-2,5-12,19H,3-4,13-18H2. The Balaban J connectivity index is 1.24. The van der Waals surface area contributed by atoms with Crippen LogP contribution in [-0.4, -0.2) is 72.7 Å². The minimum absolute atomic E-state index is 0.000564. The summed E-state index contributed by atoms with van der Waals surface area (Å²) in [5.74, 6) is -0.419. The number of anilines is 1. The summed E-state index contributed by atoms with van der Waals surface area (Å²) in [6.45, 7) is 2.97. The monoisotopic (exact) mass is 509 g/mol. The highest BCUT2D eigenvalue weighted by molar-refractivity contribution is 7.89. The van der Waals surface area contributed by atoms with Gasteiger partial charge in [-0.2, -0.15) is 4.31 Å². The number of hydrogen-bond acceptors (Lipinski definition) is 7. The van der Waals surface area contributed by atoms with Crippen molar-refractivity contribution in [3.05, 3.63) is 70.9 Å². The molecular formula is C25H27N5O5S. The van der Waals surface area contributed by atoms with Gasteiger partial charge in [0.15, 0.2) is 0 Å². The second kappa shape index (κ2) is 9.82. The summed E-state index contributed by atoms with van der Waals surface area (Å²) in [6.07, 6.45) is 3.03. The van der Waals surface area contributed by atoms with Crippen LogP contribution in [-0.2, 0) is 14.8 Å². The number of aromatic nitrogens is 1. The van der Waals surface area contributed by atoms with Gasteiger partial charge in [-0.25, -0.2) is 8.42 Å². The fraction of sp³-hybridized carbons (Fsp3) is 0.360. The first-order valence-corrected chi connectivity index (χ1v) is 13.4. The predicted molar refractivity (Wildman–Crippen MR) is 135 cm³/mol. The molecule has 0 saturated carbocycles. The lowest BCUT2D eigenvalue weighted by Crippen LogP contribution is -2.53. The van der Waals surface area contributed by atoms with Crippen molar-refractivity contribution in [2.24, 2.45) is 5.92 Å². The minimum atomic E-state index is -3.84. The molecule has 11 heteroatoms. The van der Waals surface area contributed by atoms with E-state index in [0.717, 1.165) is 16.6 Å². The van der Waals surface area contributed by atoms with E-state index in [-0.39, 0.29) is 23.0 Å². The van der Waals surface area contributed by atoms with Crippen LogP contribution in [0.4, 0.5) is 11.4 Å². The summed E-state index contributed by atoms with van der Waals surface area (Å²) in [5.41, 5.74) is 1.87. The van der Waals surface area contributed by atoms with Crippen molar-refractivity contribution in [1.29, 1.82) is 0 Å². The number of hydrogen-bond donors (Lipinski definition) is 0. The van der Waals surface area contributed by atoms with Gasteiger partial charge in [0.1, 0.15) is 0 Å². The number of sulfonamides is 1. The Morgan fingerprint density at radius 1 is 0.972 bits per heavy atom. The summed E-state index contributed by atoms with van der Waals surface area (Å²) in [5, 5.41) is 12.0. The highest BCUT2D eigenvalue weighted by Gasteiger charge is 2.36. The topological polar surface area (TPSA) is 117 Å². The maximum Gasteiger partial charge on any atom is 0.269 e. The Kier molecular flexibility index (Phi) is 6.59. The van der Waals surface area contributed by atoms with Crippen LogP contribution in [0, 0.1) is 16.0 Å². The normalized spacial score (nSPS) is 19.4. The SMILES string of the molecule is O=C(C1CCCN(S(=O)(=O)c2ccc([N+](=O)[O-])cc2)C1)N1CCN(c2ccnc3ccccc23)CC1. The third-order valence-corrected chi connectivity index (χ3v) is 8.86. The second-order valence-electron chi connectivity index (χ2n) is 9.11. The first-order valence-electron chi connectivity index (χ1n) is 12.0. The maximum atomic E-state index is 13.3. The van der Waals surface area contributed by atoms with E-state index in [2.05, 4.69) is 16.0 Å². The van der Waals surface area contributed by atoms with E-state index in [9.17, 15) is 23.3 Å². The summed E-state index contributed by atoms with van der Waals surface area (Å²) in [4.78, 5) is 32.2. The Morgan fingerprint density at radius 3 is 2.42 bits per heavy atom. The first-order chi connectivity index (χ1) is 17.3. The molecule has 3 aromatic rings. The van der Waals surface area contributed by atoms with Crippen molar-refractivity contribution in [1.82, 2.24) is 14.2 Å². The van der Waals surface area contributed by atoms with Gasteiger partial charge < -0.3 is 9.80 Å². The van der Waals surface area contributed by atoms with Crippen molar-refractivity contribution in [2.45, 2.75) is 17.7 Å².